The van der Waals surface area contributed by atoms with E-state index in [4.69, 9.17) is 0 Å². The summed E-state index contributed by atoms with van der Waals surface area (Å²) in [5, 5.41) is 17.6. The number of nitrogens with one attached hydrogen (secondary N) is 1. The number of nitrogens with zero attached hydrogens (tertiary/aromatic N) is 4. The number of amides is 1. The Kier molecular flexibility index (Phi) is 5.02. The highest BCUT2D eigenvalue weighted by Crippen LogP contribution is 2.27. The van der Waals surface area contributed by atoms with Crippen molar-refractivity contribution in [3.8, 4) is 11.3 Å². The lowest BCUT2D eigenvalue weighted by Gasteiger charge is -2.17. The molecule has 7 heteroatoms. The molecule has 1 unspecified atom stereocenters. The van der Waals surface area contributed by atoms with Crippen molar-refractivity contribution in [2.45, 2.75) is 38.1 Å². The lowest BCUT2D eigenvalue weighted by atomic mass is 10.1. The summed E-state index contributed by atoms with van der Waals surface area (Å²) in [4.78, 5) is 16.6. The van der Waals surface area contributed by atoms with Crippen LogP contribution in [0.25, 0.3) is 11.3 Å². The minimum absolute atomic E-state index is 0.132. The zero-order valence-corrected chi connectivity index (χ0v) is 15.0. The fraction of sp³-hybridized carbons (Fsp3) is 0.350. The third-order valence-corrected chi connectivity index (χ3v) is 5.08. The van der Waals surface area contributed by atoms with Crippen LogP contribution in [0.1, 0.15) is 12.8 Å². The van der Waals surface area contributed by atoms with E-state index in [2.05, 4.69) is 15.4 Å². The fourth-order valence-corrected chi connectivity index (χ4v) is 3.82. The molecule has 1 fully saturated rings. The first-order valence-corrected chi connectivity index (χ1v) is 9.19. The molecule has 7 nitrogen and oxygen atoms in total. The van der Waals surface area contributed by atoms with Gasteiger partial charge in [0.1, 0.15) is 6.54 Å². The Hall–Kier alpha value is -2.93. The Morgan fingerprint density at radius 1 is 1.19 bits per heavy atom. The number of hydrogen-bond donors (Lipinski definition) is 2. The zero-order chi connectivity index (χ0) is 18.6. The van der Waals surface area contributed by atoms with Gasteiger partial charge in [-0.3, -0.25) is 9.48 Å². The van der Waals surface area contributed by atoms with Crippen LogP contribution >= 0.6 is 0 Å². The van der Waals surface area contributed by atoms with Crippen LogP contribution in [-0.4, -0.2) is 42.5 Å². The van der Waals surface area contributed by atoms with Crippen LogP contribution in [0.4, 0.5) is 0 Å². The van der Waals surface area contributed by atoms with E-state index in [1.54, 1.807) is 23.4 Å². The number of aromatic nitrogens is 4. The molecular formula is C20H23N5O2. The SMILES string of the molecule is O=C(Cn1nccc1-c1ccccc1)N[C@@H]1CC(Cn2ccnc2)C[C@H]1O. The van der Waals surface area contributed by atoms with Gasteiger partial charge in [-0.25, -0.2) is 4.98 Å². The van der Waals surface area contributed by atoms with Gasteiger partial charge in [0, 0.05) is 25.1 Å². The van der Waals surface area contributed by atoms with Gasteiger partial charge in [0.15, 0.2) is 0 Å². The average molecular weight is 365 g/mol. The number of aliphatic hydroxyl groups is 1. The monoisotopic (exact) mass is 365 g/mol. The second-order valence-corrected chi connectivity index (χ2v) is 7.08. The molecular weight excluding hydrogens is 342 g/mol. The third-order valence-electron chi connectivity index (χ3n) is 5.08. The maximum absolute atomic E-state index is 12.5. The number of imidazole rings is 1. The van der Waals surface area contributed by atoms with E-state index >= 15 is 0 Å². The summed E-state index contributed by atoms with van der Waals surface area (Å²) in [6, 6.07) is 11.5. The number of benzene rings is 1. The van der Waals surface area contributed by atoms with E-state index in [1.807, 2.05) is 47.2 Å². The molecule has 0 bridgehead atoms. The first kappa shape index (κ1) is 17.5. The number of rotatable bonds is 6. The summed E-state index contributed by atoms with van der Waals surface area (Å²) < 4.78 is 3.70. The predicted octanol–water partition coefficient (Wildman–Crippen LogP) is 1.70. The van der Waals surface area contributed by atoms with Gasteiger partial charge in [-0.2, -0.15) is 5.10 Å². The normalized spacial score (nSPS) is 22.0. The highest BCUT2D eigenvalue weighted by atomic mass is 16.3. The van der Waals surface area contributed by atoms with Gasteiger partial charge in [0.2, 0.25) is 5.91 Å². The molecule has 3 aromatic rings. The second kappa shape index (κ2) is 7.75. The Morgan fingerprint density at radius 2 is 2.04 bits per heavy atom. The summed E-state index contributed by atoms with van der Waals surface area (Å²) in [5.41, 5.74) is 1.92. The number of carbonyl (C=O) groups is 1. The molecule has 2 N–H and O–H groups in total. The molecule has 0 spiro atoms. The number of carbonyl (C=O) groups excluding carboxylic acids is 1. The van der Waals surface area contributed by atoms with Gasteiger partial charge in [0.25, 0.3) is 0 Å². The standard InChI is InChI=1S/C20H23N5O2/c26-19-11-15(12-24-9-8-21-14-24)10-17(19)23-20(27)13-25-18(6-7-22-25)16-4-2-1-3-5-16/h1-9,14-15,17,19,26H,10-13H2,(H,23,27)/t15?,17-,19-/m1/s1. The Balaban J connectivity index is 1.35. The molecule has 1 saturated carbocycles. The van der Waals surface area contributed by atoms with Gasteiger partial charge >= 0.3 is 0 Å². The minimum Gasteiger partial charge on any atom is -0.391 e. The van der Waals surface area contributed by atoms with Crippen LogP contribution in [-0.2, 0) is 17.9 Å². The van der Waals surface area contributed by atoms with Gasteiger partial charge in [-0.15, -0.1) is 0 Å². The first-order chi connectivity index (χ1) is 13.2. The second-order valence-electron chi connectivity index (χ2n) is 7.08. The van der Waals surface area contributed by atoms with Gasteiger partial charge in [-0.1, -0.05) is 30.3 Å². The fourth-order valence-electron chi connectivity index (χ4n) is 3.82. The summed E-state index contributed by atoms with van der Waals surface area (Å²) in [5.74, 6) is 0.187. The Labute approximate surface area is 157 Å². The van der Waals surface area contributed by atoms with Crippen molar-refractivity contribution in [1.29, 1.82) is 0 Å². The molecule has 0 aliphatic heterocycles. The van der Waals surface area contributed by atoms with Crippen molar-refractivity contribution in [3.05, 3.63) is 61.3 Å². The average Bonchev–Trinajstić information content (AvgIpc) is 3.39. The highest BCUT2D eigenvalue weighted by molar-refractivity contribution is 5.77. The van der Waals surface area contributed by atoms with E-state index in [0.29, 0.717) is 12.3 Å². The quantitative estimate of drug-likeness (QED) is 0.696. The van der Waals surface area contributed by atoms with Crippen LogP contribution in [0.3, 0.4) is 0 Å². The molecule has 27 heavy (non-hydrogen) atoms. The van der Waals surface area contributed by atoms with Crippen molar-refractivity contribution in [2.24, 2.45) is 5.92 Å². The molecule has 0 saturated heterocycles. The smallest absolute Gasteiger partial charge is 0.242 e. The van der Waals surface area contributed by atoms with E-state index < -0.39 is 6.10 Å². The Morgan fingerprint density at radius 3 is 2.81 bits per heavy atom. The van der Waals surface area contributed by atoms with Crippen LogP contribution in [0.2, 0.25) is 0 Å². The topological polar surface area (TPSA) is 85.0 Å². The number of aliphatic hydroxyl groups excluding tert-OH is 1. The van der Waals surface area contributed by atoms with Gasteiger partial charge in [0.05, 0.1) is 24.2 Å². The predicted molar refractivity (Wildman–Crippen MR) is 101 cm³/mol. The largest absolute Gasteiger partial charge is 0.391 e. The molecule has 2 heterocycles. The maximum atomic E-state index is 12.5. The van der Waals surface area contributed by atoms with Crippen molar-refractivity contribution in [2.75, 3.05) is 0 Å². The van der Waals surface area contributed by atoms with Crippen molar-refractivity contribution < 1.29 is 9.90 Å². The lowest BCUT2D eigenvalue weighted by molar-refractivity contribution is -0.123. The molecule has 140 valence electrons. The van der Waals surface area contributed by atoms with Crippen molar-refractivity contribution >= 4 is 5.91 Å². The summed E-state index contributed by atoms with van der Waals surface area (Å²) in [6.07, 6.45) is 8.06. The van der Waals surface area contributed by atoms with Crippen molar-refractivity contribution in [3.63, 3.8) is 0 Å². The van der Waals surface area contributed by atoms with Crippen LogP contribution < -0.4 is 5.32 Å². The third kappa shape index (κ3) is 4.09. The molecule has 2 aromatic heterocycles. The van der Waals surface area contributed by atoms with E-state index in [0.717, 1.165) is 24.2 Å². The maximum Gasteiger partial charge on any atom is 0.242 e. The molecule has 1 aromatic carbocycles. The molecule has 1 amide bonds. The zero-order valence-electron chi connectivity index (χ0n) is 15.0. The van der Waals surface area contributed by atoms with E-state index in [-0.39, 0.29) is 18.5 Å². The van der Waals surface area contributed by atoms with Gasteiger partial charge in [-0.05, 0) is 30.4 Å². The van der Waals surface area contributed by atoms with E-state index in [1.165, 1.54) is 0 Å². The summed E-state index contributed by atoms with van der Waals surface area (Å²) in [7, 11) is 0. The molecule has 4 rings (SSSR count). The molecule has 3 atom stereocenters. The van der Waals surface area contributed by atoms with Crippen molar-refractivity contribution in [1.82, 2.24) is 24.6 Å². The first-order valence-electron chi connectivity index (χ1n) is 9.19. The minimum atomic E-state index is -0.520. The van der Waals surface area contributed by atoms with E-state index in [9.17, 15) is 9.90 Å². The molecule has 0 radical (unpaired) electrons. The van der Waals surface area contributed by atoms with Crippen LogP contribution in [0.15, 0.2) is 61.3 Å². The number of hydrogen-bond acceptors (Lipinski definition) is 4. The van der Waals surface area contributed by atoms with Crippen LogP contribution in [0, 0.1) is 5.92 Å². The Bertz CT molecular complexity index is 875. The molecule has 1 aliphatic carbocycles. The lowest BCUT2D eigenvalue weighted by Crippen LogP contribution is -2.41. The summed E-state index contributed by atoms with van der Waals surface area (Å²) in [6.45, 7) is 0.938. The highest BCUT2D eigenvalue weighted by Gasteiger charge is 2.34. The summed E-state index contributed by atoms with van der Waals surface area (Å²) >= 11 is 0. The van der Waals surface area contributed by atoms with Crippen LogP contribution in [0.5, 0.6) is 0 Å². The molecule has 1 aliphatic rings. The van der Waals surface area contributed by atoms with Gasteiger partial charge < -0.3 is 15.0 Å².